The molecule has 3 N–H and O–H groups in total. The molecule has 0 radical (unpaired) electrons. The summed E-state index contributed by atoms with van der Waals surface area (Å²) in [5, 5.41) is 22.7. The number of phenolic OH excluding ortho intramolecular Hbond substituents is 1. The third-order valence-electron chi connectivity index (χ3n) is 3.46. The van der Waals surface area contributed by atoms with Crippen LogP contribution in [0.25, 0.3) is 0 Å². The Morgan fingerprint density at radius 3 is 2.58 bits per heavy atom. The minimum absolute atomic E-state index is 0.0438. The van der Waals surface area contributed by atoms with Crippen LogP contribution in [0, 0.1) is 0 Å². The van der Waals surface area contributed by atoms with Gasteiger partial charge in [0, 0.05) is 16.6 Å². The molecule has 0 aliphatic rings. The van der Waals surface area contributed by atoms with E-state index in [0.29, 0.717) is 21.5 Å². The zero-order valence-corrected chi connectivity index (χ0v) is 14.8. The molecule has 0 aliphatic heterocycles. The number of carbonyl (C=O) groups is 1. The molecule has 128 valence electrons. The number of aromatic hydroxyl groups is 1. The summed E-state index contributed by atoms with van der Waals surface area (Å²) >= 11 is 3.21. The van der Waals surface area contributed by atoms with Gasteiger partial charge in [0.2, 0.25) is 0 Å². The Hall–Kier alpha value is -2.25. The van der Waals surface area contributed by atoms with E-state index in [1.54, 1.807) is 24.3 Å². The van der Waals surface area contributed by atoms with Crippen LogP contribution >= 0.6 is 15.9 Å². The van der Waals surface area contributed by atoms with Gasteiger partial charge in [-0.15, -0.1) is 0 Å². The first-order chi connectivity index (χ1) is 11.5. The summed E-state index contributed by atoms with van der Waals surface area (Å²) < 4.78 is 11.0. The number of aliphatic hydroxyl groups excluding tert-OH is 1. The Bertz CT molecular complexity index is 735. The van der Waals surface area contributed by atoms with E-state index >= 15 is 0 Å². The normalized spacial score (nSPS) is 11.7. The molecule has 2 aromatic carbocycles. The van der Waals surface area contributed by atoms with Crippen molar-refractivity contribution in [2.75, 3.05) is 20.8 Å². The van der Waals surface area contributed by atoms with Crippen LogP contribution in [-0.2, 0) is 0 Å². The lowest BCUT2D eigenvalue weighted by atomic mass is 10.1. The van der Waals surface area contributed by atoms with Crippen LogP contribution < -0.4 is 14.8 Å². The van der Waals surface area contributed by atoms with Crippen LogP contribution in [0.3, 0.4) is 0 Å². The van der Waals surface area contributed by atoms with Crippen LogP contribution in [0.5, 0.6) is 17.2 Å². The third kappa shape index (κ3) is 4.18. The summed E-state index contributed by atoms with van der Waals surface area (Å²) in [5.41, 5.74) is 0.625. The molecule has 6 nitrogen and oxygen atoms in total. The van der Waals surface area contributed by atoms with E-state index < -0.39 is 12.0 Å². The zero-order valence-electron chi connectivity index (χ0n) is 13.2. The summed E-state index contributed by atoms with van der Waals surface area (Å²) in [4.78, 5) is 12.1. The fourth-order valence-corrected chi connectivity index (χ4v) is 2.54. The van der Waals surface area contributed by atoms with Crippen LogP contribution in [0.15, 0.2) is 40.9 Å². The van der Waals surface area contributed by atoms with Gasteiger partial charge in [-0.05, 0) is 36.4 Å². The largest absolute Gasteiger partial charge is 0.507 e. The smallest absolute Gasteiger partial charge is 0.255 e. The summed E-state index contributed by atoms with van der Waals surface area (Å²) in [6.07, 6.45) is -0.989. The quantitative estimate of drug-likeness (QED) is 0.699. The maximum atomic E-state index is 12.1. The average molecular weight is 396 g/mol. The molecule has 2 aromatic rings. The molecule has 24 heavy (non-hydrogen) atoms. The number of benzene rings is 2. The lowest BCUT2D eigenvalue weighted by molar-refractivity contribution is 0.0912. The molecule has 0 aromatic heterocycles. The van der Waals surface area contributed by atoms with Crippen LogP contribution in [0.1, 0.15) is 22.0 Å². The number of rotatable bonds is 6. The zero-order chi connectivity index (χ0) is 17.7. The Balaban J connectivity index is 2.10. The molecular formula is C17H18BrNO5. The van der Waals surface area contributed by atoms with E-state index in [1.165, 1.54) is 26.4 Å². The fraction of sp³-hybridized carbons (Fsp3) is 0.235. The first-order valence-electron chi connectivity index (χ1n) is 7.13. The molecule has 0 aliphatic carbocycles. The number of hydrogen-bond acceptors (Lipinski definition) is 5. The van der Waals surface area contributed by atoms with Crippen molar-refractivity contribution < 1.29 is 24.5 Å². The van der Waals surface area contributed by atoms with Crippen molar-refractivity contribution in [1.82, 2.24) is 5.32 Å². The first-order valence-corrected chi connectivity index (χ1v) is 7.92. The van der Waals surface area contributed by atoms with Crippen molar-refractivity contribution in [2.24, 2.45) is 0 Å². The highest BCUT2D eigenvalue weighted by Crippen LogP contribution is 2.29. The molecule has 0 spiro atoms. The lowest BCUT2D eigenvalue weighted by Crippen LogP contribution is -2.28. The predicted molar refractivity (Wildman–Crippen MR) is 92.6 cm³/mol. The number of carbonyl (C=O) groups excluding carboxylic acids is 1. The maximum absolute atomic E-state index is 12.1. The Kier molecular flexibility index (Phi) is 6.05. The van der Waals surface area contributed by atoms with Gasteiger partial charge in [0.15, 0.2) is 0 Å². The van der Waals surface area contributed by atoms with Crippen LogP contribution in [0.4, 0.5) is 0 Å². The first kappa shape index (κ1) is 18.1. The third-order valence-corrected chi connectivity index (χ3v) is 3.95. The van der Waals surface area contributed by atoms with Crippen molar-refractivity contribution in [3.8, 4) is 17.2 Å². The van der Waals surface area contributed by atoms with Gasteiger partial charge in [-0.25, -0.2) is 0 Å². The number of hydrogen-bond donors (Lipinski definition) is 3. The van der Waals surface area contributed by atoms with Gasteiger partial charge in [0.05, 0.1) is 19.8 Å². The average Bonchev–Trinajstić information content (AvgIpc) is 2.58. The predicted octanol–water partition coefficient (Wildman–Crippen LogP) is 2.64. The highest BCUT2D eigenvalue weighted by atomic mass is 79.9. The van der Waals surface area contributed by atoms with E-state index in [9.17, 15) is 15.0 Å². The second kappa shape index (κ2) is 8.03. The van der Waals surface area contributed by atoms with Crippen LogP contribution in [-0.4, -0.2) is 36.9 Å². The summed E-state index contributed by atoms with van der Waals surface area (Å²) in [6, 6.07) is 9.61. The monoisotopic (exact) mass is 395 g/mol. The summed E-state index contributed by atoms with van der Waals surface area (Å²) in [7, 11) is 3.02. The molecule has 0 saturated carbocycles. The second-order valence-electron chi connectivity index (χ2n) is 5.00. The number of nitrogens with one attached hydrogen (secondary N) is 1. The Labute approximate surface area is 148 Å². The van der Waals surface area contributed by atoms with E-state index in [0.717, 1.165) is 0 Å². The minimum Gasteiger partial charge on any atom is -0.507 e. The molecule has 1 unspecified atom stereocenters. The molecular weight excluding hydrogens is 378 g/mol. The number of phenols is 1. The van der Waals surface area contributed by atoms with Gasteiger partial charge >= 0.3 is 0 Å². The number of aliphatic hydroxyl groups is 1. The molecule has 1 amide bonds. The Morgan fingerprint density at radius 2 is 1.96 bits per heavy atom. The van der Waals surface area contributed by atoms with Gasteiger partial charge in [-0.1, -0.05) is 15.9 Å². The van der Waals surface area contributed by atoms with Crippen molar-refractivity contribution >= 4 is 21.8 Å². The van der Waals surface area contributed by atoms with Crippen molar-refractivity contribution in [3.05, 3.63) is 52.0 Å². The number of methoxy groups -OCH3 is 2. The molecule has 2 rings (SSSR count). The molecule has 7 heteroatoms. The topological polar surface area (TPSA) is 88.0 Å². The molecule has 1 atom stereocenters. The van der Waals surface area contributed by atoms with Crippen molar-refractivity contribution in [2.45, 2.75) is 6.10 Å². The van der Waals surface area contributed by atoms with Gasteiger partial charge in [-0.2, -0.15) is 0 Å². The SMILES string of the molecule is COc1ccc(OC)c(C(O)CNC(=O)c2ccc(Br)cc2O)c1. The van der Waals surface area contributed by atoms with E-state index in [1.807, 2.05) is 0 Å². The van der Waals surface area contributed by atoms with Gasteiger partial charge < -0.3 is 25.0 Å². The number of amides is 1. The highest BCUT2D eigenvalue weighted by molar-refractivity contribution is 9.10. The van der Waals surface area contributed by atoms with E-state index in [2.05, 4.69) is 21.2 Å². The van der Waals surface area contributed by atoms with E-state index in [-0.39, 0.29) is 17.9 Å². The summed E-state index contributed by atoms with van der Waals surface area (Å²) in [5.74, 6) is 0.432. The van der Waals surface area contributed by atoms with Gasteiger partial charge in [0.1, 0.15) is 23.4 Å². The maximum Gasteiger partial charge on any atom is 0.255 e. The second-order valence-corrected chi connectivity index (χ2v) is 5.91. The molecule has 0 bridgehead atoms. The lowest BCUT2D eigenvalue weighted by Gasteiger charge is -2.17. The van der Waals surface area contributed by atoms with Crippen LogP contribution in [0.2, 0.25) is 0 Å². The van der Waals surface area contributed by atoms with Gasteiger partial charge in [0.25, 0.3) is 5.91 Å². The Morgan fingerprint density at radius 1 is 1.21 bits per heavy atom. The number of halogens is 1. The molecule has 0 saturated heterocycles. The van der Waals surface area contributed by atoms with Crippen molar-refractivity contribution in [3.63, 3.8) is 0 Å². The van der Waals surface area contributed by atoms with Crippen molar-refractivity contribution in [1.29, 1.82) is 0 Å². The fourth-order valence-electron chi connectivity index (χ4n) is 2.19. The minimum atomic E-state index is -0.989. The standard InChI is InChI=1S/C17H18BrNO5/c1-23-11-4-6-16(24-2)13(8-11)15(21)9-19-17(22)12-5-3-10(18)7-14(12)20/h3-8,15,20-21H,9H2,1-2H3,(H,19,22). The molecule has 0 fully saturated rings. The molecule has 0 heterocycles. The number of ether oxygens (including phenoxy) is 2. The summed E-state index contributed by atoms with van der Waals surface area (Å²) in [6.45, 7) is -0.0438. The van der Waals surface area contributed by atoms with Gasteiger partial charge in [-0.3, -0.25) is 4.79 Å². The highest BCUT2D eigenvalue weighted by Gasteiger charge is 2.17. The van der Waals surface area contributed by atoms with E-state index in [4.69, 9.17) is 9.47 Å².